The molecule has 1 heterocycles. The minimum Gasteiger partial charge on any atom is -0.414 e. The minimum absolute atomic E-state index is 0.00997. The molecule has 1 saturated heterocycles. The summed E-state index contributed by atoms with van der Waals surface area (Å²) in [5, 5.41) is 3.98. The summed E-state index contributed by atoms with van der Waals surface area (Å²) in [6, 6.07) is 21.7. The van der Waals surface area contributed by atoms with Crippen LogP contribution in [0.1, 0.15) is 87.0 Å². The molecule has 8 heteroatoms. The Morgan fingerprint density at radius 2 is 1.51 bits per heavy atom. The van der Waals surface area contributed by atoms with Gasteiger partial charge in [-0.2, -0.15) is 0 Å². The van der Waals surface area contributed by atoms with Crippen molar-refractivity contribution >= 4 is 32.9 Å². The molecule has 2 aromatic carbocycles. The van der Waals surface area contributed by atoms with Gasteiger partial charge >= 0.3 is 0 Å². The molecule has 0 N–H and O–H groups in total. The Bertz CT molecular complexity index is 1230. The SMILES string of the molecule is C=C1C[C@H](CCCO[Si](c2ccccc2)(c2ccccc2)C(C)(C)C)OC1CC[C@@H](CC(C)C(=O)N(C)OC)O[Si](C)(C)C(C)(C)C. The van der Waals surface area contributed by atoms with Gasteiger partial charge in [0, 0.05) is 25.7 Å². The predicted octanol–water partition coefficient (Wildman–Crippen LogP) is 8.27. The molecule has 262 valence electrons. The average Bonchev–Trinajstić information content (AvgIpc) is 3.37. The fourth-order valence-corrected chi connectivity index (χ4v) is 12.6. The summed E-state index contributed by atoms with van der Waals surface area (Å²) < 4.78 is 20.6. The van der Waals surface area contributed by atoms with Crippen LogP contribution in [0.15, 0.2) is 72.8 Å². The van der Waals surface area contributed by atoms with Gasteiger partial charge in [0.15, 0.2) is 8.32 Å². The maximum atomic E-state index is 12.8. The van der Waals surface area contributed by atoms with Gasteiger partial charge in [0.2, 0.25) is 5.91 Å². The van der Waals surface area contributed by atoms with Gasteiger partial charge in [-0.25, -0.2) is 5.06 Å². The molecule has 1 fully saturated rings. The Labute approximate surface area is 288 Å². The van der Waals surface area contributed by atoms with E-state index in [1.165, 1.54) is 22.5 Å². The van der Waals surface area contributed by atoms with Crippen LogP contribution in [0.4, 0.5) is 0 Å². The lowest BCUT2D eigenvalue weighted by Gasteiger charge is -2.43. The maximum Gasteiger partial charge on any atom is 0.261 e. The van der Waals surface area contributed by atoms with Gasteiger partial charge in [-0.05, 0) is 77.6 Å². The highest BCUT2D eigenvalue weighted by Crippen LogP contribution is 2.40. The third kappa shape index (κ3) is 9.99. The van der Waals surface area contributed by atoms with E-state index in [4.69, 9.17) is 18.4 Å². The molecular weight excluding hydrogens is 619 g/mol. The Balaban J connectivity index is 1.64. The van der Waals surface area contributed by atoms with Crippen LogP contribution in [-0.2, 0) is 23.2 Å². The zero-order valence-corrected chi connectivity index (χ0v) is 33.2. The van der Waals surface area contributed by atoms with Gasteiger partial charge in [0.25, 0.3) is 8.32 Å². The predicted molar refractivity (Wildman–Crippen MR) is 200 cm³/mol. The van der Waals surface area contributed by atoms with Gasteiger partial charge in [-0.3, -0.25) is 9.63 Å². The summed E-state index contributed by atoms with van der Waals surface area (Å²) in [6.45, 7) is 25.4. The van der Waals surface area contributed by atoms with E-state index in [1.54, 1.807) is 7.05 Å². The van der Waals surface area contributed by atoms with Crippen LogP contribution in [0.3, 0.4) is 0 Å². The van der Waals surface area contributed by atoms with Crippen molar-refractivity contribution in [2.45, 2.75) is 128 Å². The van der Waals surface area contributed by atoms with E-state index in [1.807, 2.05) is 6.92 Å². The normalized spacial score (nSPS) is 19.1. The molecule has 6 nitrogen and oxygen atoms in total. The first kappa shape index (κ1) is 39.4. The van der Waals surface area contributed by atoms with Crippen molar-refractivity contribution in [1.82, 2.24) is 5.06 Å². The first-order valence-electron chi connectivity index (χ1n) is 17.5. The van der Waals surface area contributed by atoms with E-state index in [0.717, 1.165) is 37.7 Å². The first-order valence-corrected chi connectivity index (χ1v) is 22.3. The summed E-state index contributed by atoms with van der Waals surface area (Å²) >= 11 is 0. The molecule has 2 unspecified atom stereocenters. The lowest BCUT2D eigenvalue weighted by molar-refractivity contribution is -0.173. The lowest BCUT2D eigenvalue weighted by Crippen LogP contribution is -2.66. The quantitative estimate of drug-likeness (QED) is 0.0773. The van der Waals surface area contributed by atoms with E-state index < -0.39 is 16.6 Å². The summed E-state index contributed by atoms with van der Waals surface area (Å²) in [6.07, 6.45) is 5.19. The highest BCUT2D eigenvalue weighted by atomic mass is 28.4. The van der Waals surface area contributed by atoms with E-state index in [9.17, 15) is 4.79 Å². The Hall–Kier alpha value is -2.08. The van der Waals surface area contributed by atoms with E-state index in [0.29, 0.717) is 13.0 Å². The van der Waals surface area contributed by atoms with Gasteiger partial charge < -0.3 is 13.6 Å². The molecule has 0 aromatic heterocycles. The molecular formula is C39H63NO5Si2. The van der Waals surface area contributed by atoms with Crippen LogP contribution < -0.4 is 10.4 Å². The fourth-order valence-electron chi connectivity index (χ4n) is 6.59. The van der Waals surface area contributed by atoms with Crippen LogP contribution in [0.25, 0.3) is 0 Å². The molecule has 0 bridgehead atoms. The number of ether oxygens (including phenoxy) is 1. The zero-order chi connectivity index (χ0) is 35.0. The third-order valence-corrected chi connectivity index (χ3v) is 19.9. The summed E-state index contributed by atoms with van der Waals surface area (Å²) in [5.41, 5.74) is 1.16. The molecule has 0 radical (unpaired) electrons. The summed E-state index contributed by atoms with van der Waals surface area (Å²) in [4.78, 5) is 18.0. The number of benzene rings is 2. The zero-order valence-electron chi connectivity index (χ0n) is 31.2. The molecule has 4 atom stereocenters. The highest BCUT2D eigenvalue weighted by Gasteiger charge is 2.50. The molecule has 1 amide bonds. The van der Waals surface area contributed by atoms with Gasteiger partial charge in [-0.15, -0.1) is 0 Å². The molecule has 0 saturated carbocycles. The summed E-state index contributed by atoms with van der Waals surface area (Å²) in [5.74, 6) is -0.232. The smallest absolute Gasteiger partial charge is 0.261 e. The number of hydroxylamine groups is 2. The van der Waals surface area contributed by atoms with E-state index in [2.05, 4.69) is 122 Å². The van der Waals surface area contributed by atoms with Crippen molar-refractivity contribution in [2.75, 3.05) is 20.8 Å². The van der Waals surface area contributed by atoms with Crippen LogP contribution in [0.2, 0.25) is 23.2 Å². The van der Waals surface area contributed by atoms with Gasteiger partial charge in [0.05, 0.1) is 19.3 Å². The number of carbonyl (C=O) groups is 1. The molecule has 3 rings (SSSR count). The number of hydrogen-bond acceptors (Lipinski definition) is 5. The molecule has 1 aliphatic rings. The largest absolute Gasteiger partial charge is 0.414 e. The second-order valence-electron chi connectivity index (χ2n) is 16.0. The van der Waals surface area contributed by atoms with Crippen LogP contribution in [0, 0.1) is 5.92 Å². The standard InChI is InChI=1S/C39H63NO5Si2/c1-30-28-32(20-19-27-43-47(39(6,7)8,34-21-15-13-16-22-34)35-23-17-14-18-24-35)44-36(30)26-25-33(45-46(11,12)38(3,4)5)29-31(2)37(41)40(9)42-10/h13-18,21-24,31-33,36H,1,19-20,25-29H2,2-12H3/t31?,32-,33-,36?/m0/s1. The number of nitrogens with zero attached hydrogens (tertiary/aromatic N) is 1. The number of carbonyl (C=O) groups excluding carboxylic acids is 1. The Morgan fingerprint density at radius 1 is 0.957 bits per heavy atom. The molecule has 2 aromatic rings. The average molecular weight is 682 g/mol. The van der Waals surface area contributed by atoms with Crippen LogP contribution >= 0.6 is 0 Å². The van der Waals surface area contributed by atoms with Crippen molar-refractivity contribution in [3.05, 3.63) is 72.8 Å². The number of rotatable bonds is 16. The van der Waals surface area contributed by atoms with Crippen molar-refractivity contribution in [3.63, 3.8) is 0 Å². The first-order chi connectivity index (χ1) is 21.9. The molecule has 1 aliphatic heterocycles. The monoisotopic (exact) mass is 681 g/mol. The van der Waals surface area contributed by atoms with Gasteiger partial charge in [-0.1, -0.05) is 116 Å². The van der Waals surface area contributed by atoms with Crippen molar-refractivity contribution in [3.8, 4) is 0 Å². The topological polar surface area (TPSA) is 57.2 Å². The van der Waals surface area contributed by atoms with Crippen molar-refractivity contribution in [2.24, 2.45) is 5.92 Å². The fraction of sp³-hybridized carbons (Fsp3) is 0.615. The molecule has 47 heavy (non-hydrogen) atoms. The third-order valence-electron chi connectivity index (χ3n) is 10.3. The van der Waals surface area contributed by atoms with E-state index in [-0.39, 0.29) is 40.2 Å². The second kappa shape index (κ2) is 16.6. The number of amides is 1. The maximum absolute atomic E-state index is 12.8. The van der Waals surface area contributed by atoms with Gasteiger partial charge in [0.1, 0.15) is 0 Å². The van der Waals surface area contributed by atoms with E-state index >= 15 is 0 Å². The molecule has 0 spiro atoms. The van der Waals surface area contributed by atoms with Crippen molar-refractivity contribution in [1.29, 1.82) is 0 Å². The lowest BCUT2D eigenvalue weighted by atomic mass is 9.96. The summed E-state index contributed by atoms with van der Waals surface area (Å²) in [7, 11) is -1.40. The number of hydrogen-bond donors (Lipinski definition) is 0. The minimum atomic E-state index is -2.55. The second-order valence-corrected chi connectivity index (χ2v) is 25.1. The Kier molecular flexibility index (Phi) is 13.9. The highest BCUT2D eigenvalue weighted by molar-refractivity contribution is 6.99. The Morgan fingerprint density at radius 3 is 2.00 bits per heavy atom. The van der Waals surface area contributed by atoms with Crippen molar-refractivity contribution < 1.29 is 23.2 Å². The van der Waals surface area contributed by atoms with Crippen LogP contribution in [-0.4, -0.2) is 66.7 Å². The molecule has 0 aliphatic carbocycles. The van der Waals surface area contributed by atoms with Crippen LogP contribution in [0.5, 0.6) is 0 Å².